The maximum Gasteiger partial charge on any atom is 0.190 e. The molecule has 3 rings (SSSR count). The molecule has 0 spiro atoms. The van der Waals surface area contributed by atoms with Crippen LogP contribution in [-0.4, -0.2) is 17.5 Å². The number of ketones is 1. The van der Waals surface area contributed by atoms with Crippen LogP contribution in [0.3, 0.4) is 0 Å². The molecular formula is C19H18O2. The van der Waals surface area contributed by atoms with E-state index in [-0.39, 0.29) is 23.4 Å². The minimum atomic E-state index is -0.306. The topological polar surface area (TPSA) is 37.3 Å². The van der Waals surface area contributed by atoms with Crippen LogP contribution in [-0.2, 0) is 5.41 Å². The van der Waals surface area contributed by atoms with Gasteiger partial charge in [-0.2, -0.15) is 0 Å². The van der Waals surface area contributed by atoms with Crippen molar-refractivity contribution >= 4 is 5.78 Å². The van der Waals surface area contributed by atoms with E-state index in [4.69, 9.17) is 5.11 Å². The molecule has 2 heteroatoms. The molecule has 0 fully saturated rings. The van der Waals surface area contributed by atoms with Crippen molar-refractivity contribution in [2.75, 3.05) is 6.61 Å². The number of Topliss-reactive ketones (excluding diaryl/α,β-unsaturated/α-hetero) is 1. The molecule has 1 aliphatic rings. The second-order valence-corrected chi connectivity index (χ2v) is 6.02. The third-order valence-electron chi connectivity index (χ3n) is 4.36. The van der Waals surface area contributed by atoms with Crippen molar-refractivity contribution < 1.29 is 9.90 Å². The van der Waals surface area contributed by atoms with E-state index < -0.39 is 0 Å². The first-order valence-electron chi connectivity index (χ1n) is 7.04. The average Bonchev–Trinajstić information content (AvgIpc) is 2.74. The van der Waals surface area contributed by atoms with Crippen molar-refractivity contribution in [1.29, 1.82) is 0 Å². The van der Waals surface area contributed by atoms with Crippen LogP contribution in [0, 0.1) is 0 Å². The predicted octanol–water partition coefficient (Wildman–Crippen LogP) is 3.72. The predicted molar refractivity (Wildman–Crippen MR) is 84.6 cm³/mol. The summed E-state index contributed by atoms with van der Waals surface area (Å²) in [5, 5.41) is 9.08. The molecule has 1 aliphatic carbocycles. The Morgan fingerprint density at radius 3 is 2.48 bits per heavy atom. The van der Waals surface area contributed by atoms with E-state index in [2.05, 4.69) is 32.6 Å². The van der Waals surface area contributed by atoms with Gasteiger partial charge in [0.25, 0.3) is 0 Å². The zero-order valence-corrected chi connectivity index (χ0v) is 12.3. The van der Waals surface area contributed by atoms with Gasteiger partial charge in [-0.3, -0.25) is 4.79 Å². The molecule has 0 amide bonds. The van der Waals surface area contributed by atoms with Gasteiger partial charge in [0.2, 0.25) is 0 Å². The molecule has 1 N–H and O–H groups in total. The number of fused-ring (bicyclic) bond motifs is 3. The molecule has 21 heavy (non-hydrogen) atoms. The number of aliphatic hydroxyl groups excluding tert-OH is 1. The summed E-state index contributed by atoms with van der Waals surface area (Å²) in [6.07, 6.45) is 0. The van der Waals surface area contributed by atoms with E-state index in [0.29, 0.717) is 5.56 Å². The highest BCUT2D eigenvalue weighted by molar-refractivity contribution is 6.09. The van der Waals surface area contributed by atoms with Crippen molar-refractivity contribution in [2.24, 2.45) is 0 Å². The SMILES string of the molecule is C=C(CO)C(=O)c1ccc2c(c1)C(C)(C)c1ccccc1-2. The number of carbonyl (C=O) groups is 1. The fourth-order valence-electron chi connectivity index (χ4n) is 3.12. The van der Waals surface area contributed by atoms with Crippen molar-refractivity contribution in [1.82, 2.24) is 0 Å². The molecule has 2 aromatic rings. The standard InChI is InChI=1S/C19H18O2/c1-12(11-20)18(21)13-8-9-15-14-6-4-5-7-16(14)19(2,3)17(15)10-13/h4-10,20H,1,11H2,2-3H3. The summed E-state index contributed by atoms with van der Waals surface area (Å²) in [6.45, 7) is 7.66. The van der Waals surface area contributed by atoms with E-state index in [1.165, 1.54) is 16.7 Å². The minimum Gasteiger partial charge on any atom is -0.392 e. The van der Waals surface area contributed by atoms with Gasteiger partial charge in [-0.25, -0.2) is 0 Å². The maximum absolute atomic E-state index is 12.2. The lowest BCUT2D eigenvalue weighted by molar-refractivity contribution is 0.102. The zero-order valence-electron chi connectivity index (χ0n) is 12.3. The Labute approximate surface area is 124 Å². The van der Waals surface area contributed by atoms with Crippen LogP contribution in [0.1, 0.15) is 35.3 Å². The van der Waals surface area contributed by atoms with Gasteiger partial charge in [0.15, 0.2) is 5.78 Å². The monoisotopic (exact) mass is 278 g/mol. The van der Waals surface area contributed by atoms with Gasteiger partial charge in [-0.05, 0) is 28.3 Å². The van der Waals surface area contributed by atoms with Gasteiger partial charge in [0.05, 0.1) is 6.61 Å². The van der Waals surface area contributed by atoms with Crippen LogP contribution in [0.25, 0.3) is 11.1 Å². The van der Waals surface area contributed by atoms with Gasteiger partial charge in [0, 0.05) is 16.6 Å². The fourth-order valence-corrected chi connectivity index (χ4v) is 3.12. The molecular weight excluding hydrogens is 260 g/mol. The summed E-state index contributed by atoms with van der Waals surface area (Å²) < 4.78 is 0. The third kappa shape index (κ3) is 1.95. The highest BCUT2D eigenvalue weighted by atomic mass is 16.3. The van der Waals surface area contributed by atoms with E-state index in [0.717, 1.165) is 5.56 Å². The lowest BCUT2D eigenvalue weighted by Crippen LogP contribution is -2.16. The molecule has 2 aromatic carbocycles. The molecule has 0 aliphatic heterocycles. The molecule has 0 heterocycles. The first kappa shape index (κ1) is 13.8. The Kier molecular flexibility index (Phi) is 3.07. The van der Waals surface area contributed by atoms with Crippen molar-refractivity contribution in [3.8, 4) is 11.1 Å². The van der Waals surface area contributed by atoms with Gasteiger partial charge < -0.3 is 5.11 Å². The van der Waals surface area contributed by atoms with Crippen LogP contribution in [0.15, 0.2) is 54.6 Å². The van der Waals surface area contributed by atoms with Gasteiger partial charge in [0.1, 0.15) is 0 Å². The molecule has 0 saturated heterocycles. The summed E-state index contributed by atoms with van der Waals surface area (Å²) in [5.74, 6) is -0.188. The van der Waals surface area contributed by atoms with Crippen molar-refractivity contribution in [3.63, 3.8) is 0 Å². The van der Waals surface area contributed by atoms with Crippen LogP contribution in [0.5, 0.6) is 0 Å². The number of aliphatic hydroxyl groups is 1. The molecule has 0 bridgehead atoms. The van der Waals surface area contributed by atoms with Crippen LogP contribution >= 0.6 is 0 Å². The normalized spacial score (nSPS) is 14.4. The fraction of sp³-hybridized carbons (Fsp3) is 0.211. The maximum atomic E-state index is 12.2. The number of hydrogen-bond acceptors (Lipinski definition) is 2. The second-order valence-electron chi connectivity index (χ2n) is 6.02. The molecule has 0 atom stereocenters. The summed E-state index contributed by atoms with van der Waals surface area (Å²) >= 11 is 0. The van der Waals surface area contributed by atoms with E-state index in [1.807, 2.05) is 30.3 Å². The highest BCUT2D eigenvalue weighted by Gasteiger charge is 2.35. The van der Waals surface area contributed by atoms with Crippen LogP contribution in [0.2, 0.25) is 0 Å². The summed E-state index contributed by atoms with van der Waals surface area (Å²) in [6, 6.07) is 14.1. The molecule has 2 nitrogen and oxygen atoms in total. The molecule has 0 aromatic heterocycles. The number of benzene rings is 2. The van der Waals surface area contributed by atoms with Crippen molar-refractivity contribution in [2.45, 2.75) is 19.3 Å². The largest absolute Gasteiger partial charge is 0.392 e. The number of carbonyl (C=O) groups excluding carboxylic acids is 1. The number of rotatable bonds is 3. The lowest BCUT2D eigenvalue weighted by Gasteiger charge is -2.21. The highest BCUT2D eigenvalue weighted by Crippen LogP contribution is 2.48. The summed E-state index contributed by atoms with van der Waals surface area (Å²) in [5.41, 5.74) is 5.55. The quantitative estimate of drug-likeness (QED) is 0.686. The third-order valence-corrected chi connectivity index (χ3v) is 4.36. The van der Waals surface area contributed by atoms with E-state index in [9.17, 15) is 4.79 Å². The molecule has 0 saturated carbocycles. The molecule has 106 valence electrons. The van der Waals surface area contributed by atoms with Gasteiger partial charge in [-0.1, -0.05) is 56.8 Å². The van der Waals surface area contributed by atoms with Crippen LogP contribution in [0.4, 0.5) is 0 Å². The van der Waals surface area contributed by atoms with E-state index in [1.54, 1.807) is 0 Å². The van der Waals surface area contributed by atoms with Crippen molar-refractivity contribution in [3.05, 3.63) is 71.3 Å². The molecule has 0 radical (unpaired) electrons. The zero-order chi connectivity index (χ0) is 15.2. The van der Waals surface area contributed by atoms with E-state index >= 15 is 0 Å². The first-order chi connectivity index (χ1) is 9.96. The lowest BCUT2D eigenvalue weighted by atomic mass is 9.81. The average molecular weight is 278 g/mol. The first-order valence-corrected chi connectivity index (χ1v) is 7.04. The Balaban J connectivity index is 2.16. The van der Waals surface area contributed by atoms with Gasteiger partial charge in [-0.15, -0.1) is 0 Å². The Hall–Kier alpha value is -2.19. The Bertz CT molecular complexity index is 754. The number of hydrogen-bond donors (Lipinski definition) is 1. The Morgan fingerprint density at radius 1 is 1.10 bits per heavy atom. The minimum absolute atomic E-state index is 0.122. The van der Waals surface area contributed by atoms with Gasteiger partial charge >= 0.3 is 0 Å². The second kappa shape index (κ2) is 4.68. The molecule has 0 unspecified atom stereocenters. The smallest absolute Gasteiger partial charge is 0.190 e. The Morgan fingerprint density at radius 2 is 1.76 bits per heavy atom. The summed E-state index contributed by atoms with van der Waals surface area (Å²) in [7, 11) is 0. The van der Waals surface area contributed by atoms with Crippen LogP contribution < -0.4 is 0 Å². The summed E-state index contributed by atoms with van der Waals surface area (Å²) in [4.78, 5) is 12.2.